The first-order valence-corrected chi connectivity index (χ1v) is 12.2. The number of thiocarbonyl (C=S) groups is 1. The van der Waals surface area contributed by atoms with Gasteiger partial charge < -0.3 is 24.4 Å². The van der Waals surface area contributed by atoms with E-state index in [1.54, 1.807) is 31.3 Å². The smallest absolute Gasteiger partial charge is 0.252 e. The molecule has 1 atom stereocenters. The maximum absolute atomic E-state index is 13.0. The van der Waals surface area contributed by atoms with E-state index in [4.69, 9.17) is 26.4 Å². The van der Waals surface area contributed by atoms with Crippen molar-refractivity contribution in [3.05, 3.63) is 48.0 Å². The number of amides is 2. The van der Waals surface area contributed by atoms with Gasteiger partial charge in [0, 0.05) is 18.8 Å². The third kappa shape index (κ3) is 6.42. The lowest BCUT2D eigenvalue weighted by Crippen LogP contribution is -2.39. The molecular weight excluding hydrogens is 466 g/mol. The lowest BCUT2D eigenvalue weighted by molar-refractivity contribution is -0.130. The Bertz CT molecular complexity index is 1040. The van der Waals surface area contributed by atoms with Crippen LogP contribution in [0.3, 0.4) is 0 Å². The summed E-state index contributed by atoms with van der Waals surface area (Å²) in [4.78, 5) is 29.3. The van der Waals surface area contributed by atoms with Gasteiger partial charge in [-0.1, -0.05) is 13.0 Å². The van der Waals surface area contributed by atoms with Gasteiger partial charge in [0.15, 0.2) is 16.6 Å². The molecule has 0 spiro atoms. The molecule has 1 fully saturated rings. The molecule has 0 bridgehead atoms. The zero-order chi connectivity index (χ0) is 25.4. The van der Waals surface area contributed by atoms with E-state index in [1.807, 2.05) is 49.1 Å². The van der Waals surface area contributed by atoms with E-state index in [1.165, 1.54) is 0 Å². The molecule has 8 nitrogen and oxygen atoms in total. The fourth-order valence-corrected chi connectivity index (χ4v) is 4.40. The van der Waals surface area contributed by atoms with Gasteiger partial charge in [-0.25, -0.2) is 0 Å². The van der Waals surface area contributed by atoms with E-state index >= 15 is 0 Å². The molecule has 9 heteroatoms. The summed E-state index contributed by atoms with van der Waals surface area (Å²) in [6.45, 7) is 5.52. The van der Waals surface area contributed by atoms with Crippen LogP contribution in [-0.2, 0) is 16.0 Å². The second-order valence-corrected chi connectivity index (χ2v) is 8.50. The zero-order valence-corrected chi connectivity index (χ0v) is 21.5. The fourth-order valence-electron chi connectivity index (χ4n) is 3.96. The van der Waals surface area contributed by atoms with E-state index in [2.05, 4.69) is 5.32 Å². The molecule has 35 heavy (non-hydrogen) atoms. The largest absolute Gasteiger partial charge is 0.494 e. The van der Waals surface area contributed by atoms with E-state index in [9.17, 15) is 9.59 Å². The lowest BCUT2D eigenvalue weighted by atomic mass is 10.1. The highest BCUT2D eigenvalue weighted by Crippen LogP contribution is 2.28. The highest BCUT2D eigenvalue weighted by Gasteiger charge is 2.42. The van der Waals surface area contributed by atoms with E-state index in [0.29, 0.717) is 48.4 Å². The second kappa shape index (κ2) is 12.4. The van der Waals surface area contributed by atoms with Crippen LogP contribution in [-0.4, -0.2) is 66.7 Å². The van der Waals surface area contributed by atoms with Crippen LogP contribution in [0.2, 0.25) is 0 Å². The number of carbonyl (C=O) groups excluding carboxylic acids is 2. The number of ether oxygens (including phenoxy) is 3. The third-order valence-corrected chi connectivity index (χ3v) is 6.25. The van der Waals surface area contributed by atoms with Crippen LogP contribution in [0.1, 0.15) is 32.3 Å². The zero-order valence-electron chi connectivity index (χ0n) is 20.7. The molecule has 0 radical (unpaired) electrons. The number of nitrogens with zero attached hydrogens (tertiary/aromatic N) is 2. The summed E-state index contributed by atoms with van der Waals surface area (Å²) in [5.74, 6) is 1.65. The number of rotatable bonds is 12. The van der Waals surface area contributed by atoms with Crippen LogP contribution in [0.25, 0.3) is 0 Å². The molecule has 0 aliphatic carbocycles. The Morgan fingerprint density at radius 2 is 1.77 bits per heavy atom. The summed E-state index contributed by atoms with van der Waals surface area (Å²) in [5.41, 5.74) is 1.66. The molecular formula is C26H33N3O5S. The van der Waals surface area contributed by atoms with Crippen LogP contribution in [0.15, 0.2) is 42.5 Å². The van der Waals surface area contributed by atoms with Crippen molar-refractivity contribution in [3.8, 4) is 17.2 Å². The third-order valence-electron chi connectivity index (χ3n) is 5.80. The Hall–Kier alpha value is -3.33. The van der Waals surface area contributed by atoms with E-state index < -0.39 is 6.04 Å². The Kier molecular flexibility index (Phi) is 9.31. The number of likely N-dealkylation sites (N-methyl/N-ethyl adjacent to an activating group) is 1. The summed E-state index contributed by atoms with van der Waals surface area (Å²) in [6, 6.07) is 12.3. The SMILES string of the molecule is CCCOc1ccc(NC(=O)CC2C(=O)N(CC)C(=S)N2CCc2ccc(OC)c(OC)c2)cc1. The highest BCUT2D eigenvalue weighted by molar-refractivity contribution is 7.80. The maximum Gasteiger partial charge on any atom is 0.252 e. The van der Waals surface area contributed by atoms with Crippen molar-refractivity contribution in [2.24, 2.45) is 0 Å². The molecule has 3 rings (SSSR count). The van der Waals surface area contributed by atoms with Crippen LogP contribution >= 0.6 is 12.2 Å². The van der Waals surface area contributed by atoms with Crippen LogP contribution in [0.4, 0.5) is 5.69 Å². The Morgan fingerprint density at radius 3 is 2.40 bits per heavy atom. The molecule has 0 saturated carbocycles. The second-order valence-electron chi connectivity index (χ2n) is 8.14. The molecule has 2 aromatic rings. The molecule has 2 aromatic carbocycles. The number of carbonyl (C=O) groups is 2. The summed E-state index contributed by atoms with van der Waals surface area (Å²) >= 11 is 5.59. The normalized spacial score (nSPS) is 15.4. The Morgan fingerprint density at radius 1 is 1.06 bits per heavy atom. The standard InChI is InChI=1S/C26H33N3O5S/c1-5-15-34-20-10-8-19(9-11-20)27-24(30)17-21-25(31)28(6-2)26(35)29(21)14-13-18-7-12-22(32-3)23(16-18)33-4/h7-12,16,21H,5-6,13-15,17H2,1-4H3,(H,27,30). The molecule has 0 aromatic heterocycles. The van der Waals surface area contributed by atoms with E-state index in [0.717, 1.165) is 17.7 Å². The quantitative estimate of drug-likeness (QED) is 0.444. The van der Waals surface area contributed by atoms with Gasteiger partial charge in [-0.15, -0.1) is 0 Å². The fraction of sp³-hybridized carbons (Fsp3) is 0.423. The van der Waals surface area contributed by atoms with Crippen LogP contribution < -0.4 is 19.5 Å². The summed E-state index contributed by atoms with van der Waals surface area (Å²) in [7, 11) is 3.19. The molecule has 1 saturated heterocycles. The topological polar surface area (TPSA) is 80.3 Å². The predicted octanol–water partition coefficient (Wildman–Crippen LogP) is 3.88. The molecule has 2 amide bonds. The van der Waals surface area contributed by atoms with Crippen molar-refractivity contribution >= 4 is 34.8 Å². The number of methoxy groups -OCH3 is 2. The highest BCUT2D eigenvalue weighted by atomic mass is 32.1. The van der Waals surface area contributed by atoms with Crippen molar-refractivity contribution < 1.29 is 23.8 Å². The molecule has 1 N–H and O–H groups in total. The van der Waals surface area contributed by atoms with Gasteiger partial charge in [-0.3, -0.25) is 14.5 Å². The molecule has 1 aliphatic rings. The molecule has 1 heterocycles. The van der Waals surface area contributed by atoms with Crippen molar-refractivity contribution in [2.45, 2.75) is 39.2 Å². The van der Waals surface area contributed by atoms with Crippen molar-refractivity contribution in [2.75, 3.05) is 39.2 Å². The lowest BCUT2D eigenvalue weighted by Gasteiger charge is -2.24. The van der Waals surface area contributed by atoms with Crippen molar-refractivity contribution in [1.82, 2.24) is 9.80 Å². The number of anilines is 1. The summed E-state index contributed by atoms with van der Waals surface area (Å²) in [5, 5.41) is 3.33. The van der Waals surface area contributed by atoms with Gasteiger partial charge in [0.1, 0.15) is 11.8 Å². The van der Waals surface area contributed by atoms with Gasteiger partial charge in [0.05, 0.1) is 27.2 Å². The average molecular weight is 500 g/mol. The molecule has 1 unspecified atom stereocenters. The first-order valence-electron chi connectivity index (χ1n) is 11.8. The average Bonchev–Trinajstić information content (AvgIpc) is 3.09. The van der Waals surface area contributed by atoms with Gasteiger partial charge >= 0.3 is 0 Å². The van der Waals surface area contributed by atoms with Gasteiger partial charge in [0.2, 0.25) is 5.91 Å². The molecule has 1 aliphatic heterocycles. The van der Waals surface area contributed by atoms with Crippen molar-refractivity contribution in [1.29, 1.82) is 0 Å². The number of nitrogens with one attached hydrogen (secondary N) is 1. The number of hydrogen-bond donors (Lipinski definition) is 1. The van der Waals surface area contributed by atoms with Crippen molar-refractivity contribution in [3.63, 3.8) is 0 Å². The number of hydrogen-bond acceptors (Lipinski definition) is 6. The molecule has 188 valence electrons. The van der Waals surface area contributed by atoms with Crippen LogP contribution in [0.5, 0.6) is 17.2 Å². The minimum atomic E-state index is -0.644. The first-order chi connectivity index (χ1) is 16.9. The minimum Gasteiger partial charge on any atom is -0.494 e. The number of benzene rings is 2. The summed E-state index contributed by atoms with van der Waals surface area (Å²) < 4.78 is 16.3. The Balaban J connectivity index is 1.67. The van der Waals surface area contributed by atoms with Gasteiger partial charge in [-0.05, 0) is 73.9 Å². The maximum atomic E-state index is 13.0. The predicted molar refractivity (Wildman–Crippen MR) is 139 cm³/mol. The minimum absolute atomic E-state index is 0.00942. The Labute approximate surface area is 212 Å². The van der Waals surface area contributed by atoms with Crippen LogP contribution in [0, 0.1) is 0 Å². The summed E-state index contributed by atoms with van der Waals surface area (Å²) in [6.07, 6.45) is 1.56. The first kappa shape index (κ1) is 26.3. The monoisotopic (exact) mass is 499 g/mol. The van der Waals surface area contributed by atoms with Gasteiger partial charge in [0.25, 0.3) is 5.91 Å². The van der Waals surface area contributed by atoms with E-state index in [-0.39, 0.29) is 18.2 Å². The van der Waals surface area contributed by atoms with Gasteiger partial charge in [-0.2, -0.15) is 0 Å².